The van der Waals surface area contributed by atoms with E-state index in [0.29, 0.717) is 0 Å². The molecule has 2 N–H and O–H groups in total. The monoisotopic (exact) mass is 622 g/mol. The molecule has 1 fully saturated rings. The van der Waals surface area contributed by atoms with E-state index >= 15 is 0 Å². The van der Waals surface area contributed by atoms with Crippen molar-refractivity contribution in [3.8, 4) is 0 Å². The number of carbonyl (C=O) groups excluding carboxylic acids is 5. The molecule has 45 heavy (non-hydrogen) atoms. The van der Waals surface area contributed by atoms with E-state index in [1.165, 1.54) is 37.9 Å². The van der Waals surface area contributed by atoms with Gasteiger partial charge in [-0.3, -0.25) is 19.2 Å². The molecule has 14 heteroatoms. The molecule has 0 aliphatic carbocycles. The van der Waals surface area contributed by atoms with E-state index in [-0.39, 0.29) is 25.5 Å². The molecule has 1 saturated heterocycles. The van der Waals surface area contributed by atoms with E-state index < -0.39 is 60.5 Å². The van der Waals surface area contributed by atoms with E-state index in [4.69, 9.17) is 23.7 Å². The Morgan fingerprint density at radius 1 is 0.844 bits per heavy atom. The molecule has 2 aromatic carbocycles. The fourth-order valence-electron chi connectivity index (χ4n) is 4.65. The van der Waals surface area contributed by atoms with Crippen LogP contribution in [0.3, 0.4) is 0 Å². The van der Waals surface area contributed by atoms with Crippen LogP contribution in [0.5, 0.6) is 0 Å². The van der Waals surface area contributed by atoms with Crippen LogP contribution >= 0.6 is 0 Å². The fourth-order valence-corrected chi connectivity index (χ4v) is 4.65. The van der Waals surface area contributed by atoms with Gasteiger partial charge in [0.15, 0.2) is 24.3 Å². The second-order valence-electron chi connectivity index (χ2n) is 10.2. The third-order valence-electron chi connectivity index (χ3n) is 6.59. The Morgan fingerprint density at radius 3 is 2.09 bits per heavy atom. The first kappa shape index (κ1) is 32.7. The molecule has 238 valence electrons. The van der Waals surface area contributed by atoms with Gasteiger partial charge in [-0.05, 0) is 11.1 Å². The molecule has 0 unspecified atom stereocenters. The van der Waals surface area contributed by atoms with Crippen molar-refractivity contribution < 1.29 is 47.7 Å². The van der Waals surface area contributed by atoms with Crippen LogP contribution in [0.4, 0.5) is 10.6 Å². The second-order valence-corrected chi connectivity index (χ2v) is 10.2. The summed E-state index contributed by atoms with van der Waals surface area (Å²) in [6.45, 7) is 3.33. The molecule has 0 saturated carbocycles. The molecule has 2 heterocycles. The summed E-state index contributed by atoms with van der Waals surface area (Å²) in [6, 6.07) is 17.2. The summed E-state index contributed by atoms with van der Waals surface area (Å²) in [5, 5.41) is 5.30. The minimum absolute atomic E-state index is 0.0223. The lowest BCUT2D eigenvalue weighted by atomic mass is 10.1. The van der Waals surface area contributed by atoms with Gasteiger partial charge in [0.05, 0.1) is 12.5 Å². The lowest BCUT2D eigenvalue weighted by Gasteiger charge is -2.23. The molecule has 14 nitrogen and oxygen atoms in total. The standard InChI is InChI=1S/C31H34N4O10/c1-19(36)41-17-25-27(43-20(2)37)28(44-21(3)38)30(45-25)35-15-26(32-18-35)34-29(39)24(14-22-10-6-4-7-11-22)33-31(40)42-16-23-12-8-5-9-13-23/h4-13,15,18,24-25,27-28,30H,14,16-17H2,1-3H3,(H,33,40)(H,34,39)/t24-,25+,27+,28+,30+/m0/s1. The number of rotatable bonds is 12. The first-order valence-corrected chi connectivity index (χ1v) is 14.1. The fraction of sp³-hybridized carbons (Fsp3) is 0.355. The molecule has 1 aliphatic rings. The summed E-state index contributed by atoms with van der Waals surface area (Å²) in [4.78, 5) is 65.5. The van der Waals surface area contributed by atoms with Crippen molar-refractivity contribution in [3.05, 3.63) is 84.3 Å². The predicted molar refractivity (Wildman–Crippen MR) is 156 cm³/mol. The Morgan fingerprint density at radius 2 is 1.47 bits per heavy atom. The first-order chi connectivity index (χ1) is 21.6. The summed E-state index contributed by atoms with van der Waals surface area (Å²) in [5.41, 5.74) is 1.58. The quantitative estimate of drug-likeness (QED) is 0.225. The highest BCUT2D eigenvalue weighted by atomic mass is 16.7. The summed E-state index contributed by atoms with van der Waals surface area (Å²) >= 11 is 0. The maximum Gasteiger partial charge on any atom is 0.408 e. The number of alkyl carbamates (subject to hydrolysis) is 1. The zero-order chi connectivity index (χ0) is 32.3. The van der Waals surface area contributed by atoms with Crippen molar-refractivity contribution in [1.82, 2.24) is 14.9 Å². The Balaban J connectivity index is 1.49. The lowest BCUT2D eigenvalue weighted by molar-refractivity contribution is -0.166. The van der Waals surface area contributed by atoms with E-state index in [1.54, 1.807) is 0 Å². The largest absolute Gasteiger partial charge is 0.463 e. The highest BCUT2D eigenvalue weighted by molar-refractivity contribution is 5.96. The molecule has 3 aromatic rings. The number of amides is 2. The Labute approximate surface area is 258 Å². The van der Waals surface area contributed by atoms with Crippen LogP contribution in [0.15, 0.2) is 73.2 Å². The molecule has 1 aliphatic heterocycles. The highest BCUT2D eigenvalue weighted by Crippen LogP contribution is 2.35. The Hall–Kier alpha value is -5.24. The van der Waals surface area contributed by atoms with Gasteiger partial charge in [0.1, 0.15) is 25.4 Å². The average molecular weight is 623 g/mol. The molecule has 0 spiro atoms. The van der Waals surface area contributed by atoms with E-state index in [2.05, 4.69) is 15.6 Å². The van der Waals surface area contributed by atoms with Crippen LogP contribution in [-0.4, -0.2) is 70.4 Å². The minimum atomic E-state index is -1.13. The highest BCUT2D eigenvalue weighted by Gasteiger charge is 2.50. The van der Waals surface area contributed by atoms with Gasteiger partial charge in [-0.2, -0.15) is 0 Å². The molecular weight excluding hydrogens is 588 g/mol. The second kappa shape index (κ2) is 15.5. The summed E-state index contributed by atoms with van der Waals surface area (Å²) in [6.07, 6.45) is -2.11. The van der Waals surface area contributed by atoms with Crippen molar-refractivity contribution >= 4 is 35.7 Å². The zero-order valence-corrected chi connectivity index (χ0v) is 24.9. The SMILES string of the molecule is CC(=O)OC[C@H]1O[C@@H](n2cnc(NC(=O)[C@H](Cc3ccccc3)NC(=O)OCc3ccccc3)c2)[C@H](OC(C)=O)[C@@H]1OC(C)=O. The van der Waals surface area contributed by atoms with Crippen molar-refractivity contribution in [2.45, 2.75) is 64.4 Å². The number of benzene rings is 2. The van der Waals surface area contributed by atoms with Crippen LogP contribution in [0.25, 0.3) is 0 Å². The van der Waals surface area contributed by atoms with Crippen LogP contribution < -0.4 is 10.6 Å². The molecule has 1 aromatic heterocycles. The zero-order valence-electron chi connectivity index (χ0n) is 24.9. The van der Waals surface area contributed by atoms with Gasteiger partial charge < -0.3 is 38.9 Å². The minimum Gasteiger partial charge on any atom is -0.463 e. The number of imidazole rings is 1. The topological polar surface area (TPSA) is 173 Å². The van der Waals surface area contributed by atoms with Gasteiger partial charge in [0.2, 0.25) is 5.91 Å². The number of anilines is 1. The Kier molecular flexibility index (Phi) is 11.2. The number of hydrogen-bond acceptors (Lipinski definition) is 11. The maximum absolute atomic E-state index is 13.4. The third-order valence-corrected chi connectivity index (χ3v) is 6.59. The van der Waals surface area contributed by atoms with Crippen molar-refractivity contribution in [1.29, 1.82) is 0 Å². The van der Waals surface area contributed by atoms with Crippen LogP contribution in [0, 0.1) is 0 Å². The number of carbonyl (C=O) groups is 5. The van der Waals surface area contributed by atoms with E-state index in [1.807, 2.05) is 60.7 Å². The van der Waals surface area contributed by atoms with E-state index in [9.17, 15) is 24.0 Å². The molecule has 0 bridgehead atoms. The van der Waals surface area contributed by atoms with Gasteiger partial charge in [-0.1, -0.05) is 60.7 Å². The summed E-state index contributed by atoms with van der Waals surface area (Å²) in [7, 11) is 0. The van der Waals surface area contributed by atoms with Crippen molar-refractivity contribution in [3.63, 3.8) is 0 Å². The van der Waals surface area contributed by atoms with Gasteiger partial charge in [-0.15, -0.1) is 0 Å². The van der Waals surface area contributed by atoms with Crippen LogP contribution in [0.1, 0.15) is 38.1 Å². The predicted octanol–water partition coefficient (Wildman–Crippen LogP) is 2.68. The number of hydrogen-bond donors (Lipinski definition) is 2. The molecular formula is C31H34N4O10. The van der Waals surface area contributed by atoms with Crippen LogP contribution in [-0.2, 0) is 55.9 Å². The molecule has 2 amide bonds. The van der Waals surface area contributed by atoms with Crippen molar-refractivity contribution in [2.24, 2.45) is 0 Å². The summed E-state index contributed by atoms with van der Waals surface area (Å²) in [5.74, 6) is -2.39. The maximum atomic E-state index is 13.4. The van der Waals surface area contributed by atoms with Gasteiger partial charge >= 0.3 is 24.0 Å². The normalized spacial score (nSPS) is 19.5. The third kappa shape index (κ3) is 9.63. The first-order valence-electron chi connectivity index (χ1n) is 14.1. The smallest absolute Gasteiger partial charge is 0.408 e. The van der Waals surface area contributed by atoms with Crippen LogP contribution in [0.2, 0.25) is 0 Å². The molecule has 5 atom stereocenters. The number of nitrogens with zero attached hydrogens (tertiary/aromatic N) is 2. The number of nitrogens with one attached hydrogen (secondary N) is 2. The lowest BCUT2D eigenvalue weighted by Crippen LogP contribution is -2.45. The number of ether oxygens (including phenoxy) is 5. The van der Waals surface area contributed by atoms with E-state index in [0.717, 1.165) is 11.1 Å². The van der Waals surface area contributed by atoms with Gasteiger partial charge in [0.25, 0.3) is 0 Å². The number of aromatic nitrogens is 2. The van der Waals surface area contributed by atoms with Gasteiger partial charge in [-0.25, -0.2) is 9.78 Å². The van der Waals surface area contributed by atoms with Gasteiger partial charge in [0, 0.05) is 27.2 Å². The molecule has 4 rings (SSSR count). The molecule has 0 radical (unpaired) electrons. The summed E-state index contributed by atoms with van der Waals surface area (Å²) < 4.78 is 28.6. The average Bonchev–Trinajstić information content (AvgIpc) is 3.59. The number of esters is 3. The Bertz CT molecular complexity index is 1480. The van der Waals surface area contributed by atoms with Crippen molar-refractivity contribution in [2.75, 3.05) is 11.9 Å².